The fourth-order valence-electron chi connectivity index (χ4n) is 3.31. The van der Waals surface area contributed by atoms with E-state index < -0.39 is 0 Å². The van der Waals surface area contributed by atoms with Crippen LogP contribution in [0.1, 0.15) is 58.8 Å². The lowest BCUT2D eigenvalue weighted by Gasteiger charge is -2.19. The molecule has 17 heavy (non-hydrogen) atoms. The van der Waals surface area contributed by atoms with E-state index in [-0.39, 0.29) is 0 Å². The summed E-state index contributed by atoms with van der Waals surface area (Å²) in [6, 6.07) is 1.68. The lowest BCUT2D eigenvalue weighted by molar-refractivity contribution is 0.282. The van der Waals surface area contributed by atoms with Gasteiger partial charge in [-0.3, -0.25) is 0 Å². The number of likely N-dealkylation sites (tertiary alicyclic amines) is 1. The molecule has 0 aromatic carbocycles. The summed E-state index contributed by atoms with van der Waals surface area (Å²) < 4.78 is 0. The molecule has 100 valence electrons. The van der Waals surface area contributed by atoms with Gasteiger partial charge in [0.1, 0.15) is 0 Å². The summed E-state index contributed by atoms with van der Waals surface area (Å²) >= 11 is 0. The molecule has 1 N–H and O–H groups in total. The Morgan fingerprint density at radius 1 is 1.12 bits per heavy atom. The zero-order valence-corrected chi connectivity index (χ0v) is 11.8. The molecular weight excluding hydrogens is 208 g/mol. The molecule has 2 nitrogen and oxygen atoms in total. The van der Waals surface area contributed by atoms with Gasteiger partial charge in [-0.25, -0.2) is 0 Å². The average Bonchev–Trinajstić information content (AvgIpc) is 3.06. The molecule has 0 aromatic rings. The van der Waals surface area contributed by atoms with Crippen LogP contribution in [0.3, 0.4) is 0 Å². The SMILES string of the molecule is CCCC1CC1NC1CCCN(CCC)CC1. The minimum Gasteiger partial charge on any atom is -0.311 e. The van der Waals surface area contributed by atoms with Crippen LogP contribution in [-0.4, -0.2) is 36.6 Å². The van der Waals surface area contributed by atoms with Crippen LogP contribution in [0.15, 0.2) is 0 Å². The Labute approximate surface area is 107 Å². The smallest absolute Gasteiger partial charge is 0.0102 e. The highest BCUT2D eigenvalue weighted by atomic mass is 15.1. The van der Waals surface area contributed by atoms with E-state index in [2.05, 4.69) is 24.1 Å². The van der Waals surface area contributed by atoms with Crippen LogP contribution in [0.5, 0.6) is 0 Å². The molecular formula is C15H30N2. The van der Waals surface area contributed by atoms with Crippen LogP contribution in [0.25, 0.3) is 0 Å². The van der Waals surface area contributed by atoms with E-state index in [1.807, 2.05) is 0 Å². The number of nitrogens with one attached hydrogen (secondary N) is 1. The Morgan fingerprint density at radius 3 is 2.76 bits per heavy atom. The summed E-state index contributed by atoms with van der Waals surface area (Å²) in [6.45, 7) is 8.55. The maximum absolute atomic E-state index is 3.90. The fraction of sp³-hybridized carbons (Fsp3) is 1.00. The van der Waals surface area contributed by atoms with Crippen molar-refractivity contribution in [2.24, 2.45) is 5.92 Å². The van der Waals surface area contributed by atoms with Crippen molar-refractivity contribution in [3.05, 3.63) is 0 Å². The van der Waals surface area contributed by atoms with Crippen molar-refractivity contribution < 1.29 is 0 Å². The number of hydrogen-bond acceptors (Lipinski definition) is 2. The van der Waals surface area contributed by atoms with E-state index in [9.17, 15) is 0 Å². The van der Waals surface area contributed by atoms with E-state index in [1.54, 1.807) is 0 Å². The molecule has 2 heteroatoms. The van der Waals surface area contributed by atoms with Crippen molar-refractivity contribution in [3.63, 3.8) is 0 Å². The summed E-state index contributed by atoms with van der Waals surface area (Å²) in [5.74, 6) is 1.01. The third-order valence-corrected chi connectivity index (χ3v) is 4.39. The predicted octanol–water partition coefficient (Wildman–Crippen LogP) is 3.03. The van der Waals surface area contributed by atoms with Gasteiger partial charge in [0.05, 0.1) is 0 Å². The second-order valence-corrected chi connectivity index (χ2v) is 6.03. The molecule has 2 aliphatic rings. The number of rotatable bonds is 6. The first-order chi connectivity index (χ1) is 8.33. The molecule has 1 saturated heterocycles. The van der Waals surface area contributed by atoms with Gasteiger partial charge in [0, 0.05) is 12.1 Å². The third-order valence-electron chi connectivity index (χ3n) is 4.39. The summed E-state index contributed by atoms with van der Waals surface area (Å²) in [5.41, 5.74) is 0. The maximum Gasteiger partial charge on any atom is 0.0102 e. The minimum atomic E-state index is 0.809. The quantitative estimate of drug-likeness (QED) is 0.765. The van der Waals surface area contributed by atoms with Crippen LogP contribution < -0.4 is 5.32 Å². The zero-order valence-electron chi connectivity index (χ0n) is 11.8. The van der Waals surface area contributed by atoms with Gasteiger partial charge in [0.2, 0.25) is 0 Å². The summed E-state index contributed by atoms with van der Waals surface area (Å²) in [6.07, 6.45) is 9.71. The largest absolute Gasteiger partial charge is 0.311 e. The van der Waals surface area contributed by atoms with Gasteiger partial charge in [0.25, 0.3) is 0 Å². The van der Waals surface area contributed by atoms with Gasteiger partial charge >= 0.3 is 0 Å². The molecule has 0 bridgehead atoms. The van der Waals surface area contributed by atoms with Gasteiger partial charge in [-0.1, -0.05) is 20.3 Å². The summed E-state index contributed by atoms with van der Waals surface area (Å²) in [7, 11) is 0. The van der Waals surface area contributed by atoms with Crippen molar-refractivity contribution in [1.29, 1.82) is 0 Å². The molecule has 3 unspecified atom stereocenters. The van der Waals surface area contributed by atoms with Crippen LogP contribution in [0, 0.1) is 5.92 Å². The van der Waals surface area contributed by atoms with Gasteiger partial charge in [-0.2, -0.15) is 0 Å². The fourth-order valence-corrected chi connectivity index (χ4v) is 3.31. The van der Waals surface area contributed by atoms with Crippen molar-refractivity contribution >= 4 is 0 Å². The molecule has 0 aromatic heterocycles. The monoisotopic (exact) mass is 238 g/mol. The van der Waals surface area contributed by atoms with Crippen LogP contribution in [0.4, 0.5) is 0 Å². The highest BCUT2D eigenvalue weighted by Gasteiger charge is 2.37. The van der Waals surface area contributed by atoms with E-state index in [0.29, 0.717) is 0 Å². The molecule has 0 radical (unpaired) electrons. The van der Waals surface area contributed by atoms with Crippen molar-refractivity contribution in [1.82, 2.24) is 10.2 Å². The molecule has 0 spiro atoms. The maximum atomic E-state index is 3.90. The Hall–Kier alpha value is -0.0800. The van der Waals surface area contributed by atoms with Crippen LogP contribution in [-0.2, 0) is 0 Å². The predicted molar refractivity (Wildman–Crippen MR) is 74.3 cm³/mol. The average molecular weight is 238 g/mol. The summed E-state index contributed by atoms with van der Waals surface area (Å²) in [5, 5.41) is 3.90. The van der Waals surface area contributed by atoms with E-state index in [0.717, 1.165) is 18.0 Å². The van der Waals surface area contributed by atoms with Crippen LogP contribution in [0.2, 0.25) is 0 Å². The van der Waals surface area contributed by atoms with Gasteiger partial charge in [-0.15, -0.1) is 0 Å². The van der Waals surface area contributed by atoms with E-state index in [1.165, 1.54) is 64.6 Å². The van der Waals surface area contributed by atoms with Crippen molar-refractivity contribution in [2.75, 3.05) is 19.6 Å². The van der Waals surface area contributed by atoms with Crippen LogP contribution >= 0.6 is 0 Å². The Morgan fingerprint density at radius 2 is 2.00 bits per heavy atom. The van der Waals surface area contributed by atoms with Crippen molar-refractivity contribution in [2.45, 2.75) is 70.9 Å². The molecule has 2 rings (SSSR count). The Balaban J connectivity index is 1.65. The highest BCUT2D eigenvalue weighted by molar-refractivity contribution is 4.95. The standard InChI is InChI=1S/C15H30N2/c1-3-6-13-12-15(13)16-14-7-5-10-17(9-4-2)11-8-14/h13-16H,3-12H2,1-2H3. The third kappa shape index (κ3) is 4.26. The molecule has 1 aliphatic heterocycles. The highest BCUT2D eigenvalue weighted by Crippen LogP contribution is 2.35. The molecule has 1 aliphatic carbocycles. The lowest BCUT2D eigenvalue weighted by atomic mass is 10.1. The number of nitrogens with zero attached hydrogens (tertiary/aromatic N) is 1. The van der Waals surface area contributed by atoms with Gasteiger partial charge in [-0.05, 0) is 64.1 Å². The molecule has 2 fully saturated rings. The van der Waals surface area contributed by atoms with E-state index in [4.69, 9.17) is 0 Å². The topological polar surface area (TPSA) is 15.3 Å². The lowest BCUT2D eigenvalue weighted by Crippen LogP contribution is -2.33. The Bertz CT molecular complexity index is 217. The summed E-state index contributed by atoms with van der Waals surface area (Å²) in [4.78, 5) is 2.65. The first-order valence-corrected chi connectivity index (χ1v) is 7.81. The zero-order chi connectivity index (χ0) is 12.1. The molecule has 1 saturated carbocycles. The second kappa shape index (κ2) is 6.75. The molecule has 1 heterocycles. The Kier molecular flexibility index (Phi) is 5.30. The normalized spacial score (nSPS) is 34.6. The molecule has 3 atom stereocenters. The van der Waals surface area contributed by atoms with E-state index >= 15 is 0 Å². The van der Waals surface area contributed by atoms with Crippen molar-refractivity contribution in [3.8, 4) is 0 Å². The first-order valence-electron chi connectivity index (χ1n) is 7.81. The molecule has 0 amide bonds. The van der Waals surface area contributed by atoms with Gasteiger partial charge < -0.3 is 10.2 Å². The minimum absolute atomic E-state index is 0.809. The second-order valence-electron chi connectivity index (χ2n) is 6.03. The number of hydrogen-bond donors (Lipinski definition) is 1. The van der Waals surface area contributed by atoms with Gasteiger partial charge in [0.15, 0.2) is 0 Å². The first kappa shape index (κ1) is 13.4.